The minimum atomic E-state index is -0.154. The van der Waals surface area contributed by atoms with Crippen molar-refractivity contribution in [1.82, 2.24) is 4.90 Å². The number of benzene rings is 3. The van der Waals surface area contributed by atoms with Crippen molar-refractivity contribution in [3.63, 3.8) is 0 Å². The summed E-state index contributed by atoms with van der Waals surface area (Å²) >= 11 is 6.08. The first-order chi connectivity index (χ1) is 15.0. The van der Waals surface area contributed by atoms with E-state index < -0.39 is 0 Å². The van der Waals surface area contributed by atoms with E-state index in [1.807, 2.05) is 78.6 Å². The van der Waals surface area contributed by atoms with Gasteiger partial charge in [0.05, 0.1) is 0 Å². The van der Waals surface area contributed by atoms with Gasteiger partial charge in [-0.3, -0.25) is 9.69 Å². The van der Waals surface area contributed by atoms with Gasteiger partial charge in [-0.2, -0.15) is 0 Å². The Bertz CT molecular complexity index is 1100. The summed E-state index contributed by atoms with van der Waals surface area (Å²) in [6.45, 7) is 3.86. The third kappa shape index (κ3) is 5.06. The Hall–Kier alpha value is -3.31. The van der Waals surface area contributed by atoms with E-state index in [1.165, 1.54) is 0 Å². The third-order valence-corrected chi connectivity index (χ3v) is 5.53. The van der Waals surface area contributed by atoms with Crippen LogP contribution in [0.4, 0.5) is 16.2 Å². The van der Waals surface area contributed by atoms with E-state index in [2.05, 4.69) is 5.32 Å². The van der Waals surface area contributed by atoms with Gasteiger partial charge in [0.15, 0.2) is 0 Å². The molecular formula is C25H24ClN3O2. The van der Waals surface area contributed by atoms with Gasteiger partial charge in [-0.1, -0.05) is 41.4 Å². The van der Waals surface area contributed by atoms with Crippen molar-refractivity contribution in [2.45, 2.75) is 19.9 Å². The number of nitrogens with zero attached hydrogens (tertiary/aromatic N) is 2. The summed E-state index contributed by atoms with van der Waals surface area (Å²) in [5, 5.41) is 3.58. The number of carbonyl (C=O) groups is 2. The van der Waals surface area contributed by atoms with Crippen LogP contribution in [-0.2, 0) is 6.54 Å². The van der Waals surface area contributed by atoms with Crippen LogP contribution < -0.4 is 10.2 Å². The molecule has 0 atom stereocenters. The SMILES string of the molecule is Cc1cccc(C(=O)Nc2ccc(N3CCCN(Cc4cccc(Cl)c4)C3=O)cc2)c1. The van der Waals surface area contributed by atoms with E-state index in [1.54, 1.807) is 11.0 Å². The summed E-state index contributed by atoms with van der Waals surface area (Å²) in [6.07, 6.45) is 0.887. The lowest BCUT2D eigenvalue weighted by Crippen LogP contribution is -2.49. The lowest BCUT2D eigenvalue weighted by molar-refractivity contribution is 0.102. The van der Waals surface area contributed by atoms with Gasteiger partial charge in [-0.25, -0.2) is 4.79 Å². The van der Waals surface area contributed by atoms with Crippen LogP contribution in [0.3, 0.4) is 0 Å². The van der Waals surface area contributed by atoms with Crippen molar-refractivity contribution in [3.8, 4) is 0 Å². The van der Waals surface area contributed by atoms with Gasteiger partial charge in [0.2, 0.25) is 0 Å². The highest BCUT2D eigenvalue weighted by Crippen LogP contribution is 2.24. The molecule has 1 heterocycles. The molecule has 1 saturated heterocycles. The van der Waals surface area contributed by atoms with E-state index in [0.717, 1.165) is 23.2 Å². The lowest BCUT2D eigenvalue weighted by Gasteiger charge is -2.35. The number of hydrogen-bond acceptors (Lipinski definition) is 2. The van der Waals surface area contributed by atoms with Gasteiger partial charge in [0.25, 0.3) is 5.91 Å². The first kappa shape index (κ1) is 20.9. The molecule has 6 heteroatoms. The molecule has 0 saturated carbocycles. The van der Waals surface area contributed by atoms with E-state index in [-0.39, 0.29) is 11.9 Å². The summed E-state index contributed by atoms with van der Waals surface area (Å²) in [7, 11) is 0. The molecule has 3 aromatic rings. The first-order valence-corrected chi connectivity index (χ1v) is 10.7. The molecule has 1 N–H and O–H groups in total. The van der Waals surface area contributed by atoms with E-state index in [9.17, 15) is 9.59 Å². The van der Waals surface area contributed by atoms with Crippen LogP contribution >= 0.6 is 11.6 Å². The van der Waals surface area contributed by atoms with Crippen molar-refractivity contribution in [2.75, 3.05) is 23.3 Å². The van der Waals surface area contributed by atoms with Crippen molar-refractivity contribution < 1.29 is 9.59 Å². The average molecular weight is 434 g/mol. The van der Waals surface area contributed by atoms with Gasteiger partial charge in [0, 0.05) is 41.6 Å². The van der Waals surface area contributed by atoms with Crippen LogP contribution in [-0.4, -0.2) is 29.9 Å². The number of carbonyl (C=O) groups excluding carboxylic acids is 2. The Morgan fingerprint density at radius 3 is 2.52 bits per heavy atom. The van der Waals surface area contributed by atoms with E-state index in [0.29, 0.717) is 35.9 Å². The second-order valence-corrected chi connectivity index (χ2v) is 8.15. The number of halogens is 1. The monoisotopic (exact) mass is 433 g/mol. The average Bonchev–Trinajstić information content (AvgIpc) is 2.76. The smallest absolute Gasteiger partial charge is 0.322 e. The maximum Gasteiger partial charge on any atom is 0.324 e. The molecular weight excluding hydrogens is 410 g/mol. The summed E-state index contributed by atoms with van der Waals surface area (Å²) < 4.78 is 0. The fourth-order valence-corrected chi connectivity index (χ4v) is 3.95. The zero-order valence-corrected chi connectivity index (χ0v) is 18.1. The van der Waals surface area contributed by atoms with Crippen molar-refractivity contribution in [2.24, 2.45) is 0 Å². The number of rotatable bonds is 5. The minimum Gasteiger partial charge on any atom is -0.322 e. The summed E-state index contributed by atoms with van der Waals surface area (Å²) in [4.78, 5) is 29.1. The van der Waals surface area contributed by atoms with Crippen LogP contribution in [0.15, 0.2) is 72.8 Å². The molecule has 158 valence electrons. The van der Waals surface area contributed by atoms with Crippen LogP contribution in [0, 0.1) is 6.92 Å². The number of anilines is 2. The lowest BCUT2D eigenvalue weighted by atomic mass is 10.1. The molecule has 1 aliphatic rings. The van der Waals surface area contributed by atoms with Gasteiger partial charge in [-0.15, -0.1) is 0 Å². The zero-order valence-electron chi connectivity index (χ0n) is 17.3. The van der Waals surface area contributed by atoms with Crippen LogP contribution in [0.25, 0.3) is 0 Å². The quantitative estimate of drug-likeness (QED) is 0.558. The number of nitrogens with one attached hydrogen (secondary N) is 1. The molecule has 1 aliphatic heterocycles. The van der Waals surface area contributed by atoms with Gasteiger partial charge in [-0.05, 0) is 67.4 Å². The van der Waals surface area contributed by atoms with Crippen LogP contribution in [0.2, 0.25) is 5.02 Å². The number of amides is 3. The standard InChI is InChI=1S/C25H24ClN3O2/c1-18-5-2-7-20(15-18)24(30)27-22-9-11-23(12-10-22)29-14-4-13-28(25(29)31)17-19-6-3-8-21(26)16-19/h2-3,5-12,15-16H,4,13-14,17H2,1H3,(H,27,30). The molecule has 3 aromatic carbocycles. The van der Waals surface area contributed by atoms with Gasteiger partial charge in [0.1, 0.15) is 0 Å². The highest BCUT2D eigenvalue weighted by molar-refractivity contribution is 6.30. The molecule has 0 spiro atoms. The predicted molar refractivity (Wildman–Crippen MR) is 125 cm³/mol. The van der Waals surface area contributed by atoms with Gasteiger partial charge >= 0.3 is 6.03 Å². The molecule has 0 radical (unpaired) electrons. The first-order valence-electron chi connectivity index (χ1n) is 10.3. The zero-order chi connectivity index (χ0) is 21.8. The second-order valence-electron chi connectivity index (χ2n) is 7.71. The van der Waals surface area contributed by atoms with Crippen molar-refractivity contribution in [3.05, 3.63) is 94.5 Å². The number of urea groups is 1. The summed E-state index contributed by atoms with van der Waals surface area (Å²) in [6, 6.07) is 22.4. The molecule has 0 aromatic heterocycles. The third-order valence-electron chi connectivity index (χ3n) is 5.29. The Kier molecular flexibility index (Phi) is 6.23. The second kappa shape index (κ2) is 9.23. The van der Waals surface area contributed by atoms with E-state index >= 15 is 0 Å². The number of aryl methyl sites for hydroxylation is 1. The summed E-state index contributed by atoms with van der Waals surface area (Å²) in [5.41, 5.74) is 4.17. The molecule has 31 heavy (non-hydrogen) atoms. The fourth-order valence-electron chi connectivity index (χ4n) is 3.74. The Balaban J connectivity index is 1.43. The normalized spacial score (nSPS) is 13.9. The Morgan fingerprint density at radius 1 is 1.00 bits per heavy atom. The van der Waals surface area contributed by atoms with Crippen molar-refractivity contribution in [1.29, 1.82) is 0 Å². The summed E-state index contributed by atoms with van der Waals surface area (Å²) in [5.74, 6) is -0.154. The molecule has 0 aliphatic carbocycles. The maximum atomic E-state index is 13.0. The van der Waals surface area contributed by atoms with Crippen LogP contribution in [0.5, 0.6) is 0 Å². The molecule has 4 rings (SSSR count). The fraction of sp³-hybridized carbons (Fsp3) is 0.200. The van der Waals surface area contributed by atoms with Crippen LogP contribution in [0.1, 0.15) is 27.9 Å². The Morgan fingerprint density at radius 2 is 1.77 bits per heavy atom. The molecule has 5 nitrogen and oxygen atoms in total. The number of hydrogen-bond donors (Lipinski definition) is 1. The maximum absolute atomic E-state index is 13.0. The van der Waals surface area contributed by atoms with E-state index in [4.69, 9.17) is 11.6 Å². The van der Waals surface area contributed by atoms with Gasteiger partial charge < -0.3 is 10.2 Å². The van der Waals surface area contributed by atoms with Crippen molar-refractivity contribution >= 4 is 34.9 Å². The minimum absolute atomic E-state index is 0.0252. The predicted octanol–water partition coefficient (Wildman–Crippen LogP) is 5.73. The molecule has 0 unspecified atom stereocenters. The molecule has 1 fully saturated rings. The topological polar surface area (TPSA) is 52.7 Å². The largest absolute Gasteiger partial charge is 0.324 e. The Labute approximate surface area is 187 Å². The molecule has 3 amide bonds. The highest BCUT2D eigenvalue weighted by atomic mass is 35.5. The molecule has 0 bridgehead atoms. The highest BCUT2D eigenvalue weighted by Gasteiger charge is 2.26.